The van der Waals surface area contributed by atoms with Gasteiger partial charge in [0.1, 0.15) is 5.75 Å². The molecular weight excluding hydrogens is 342 g/mol. The minimum Gasteiger partial charge on any atom is -0.497 e. The molecule has 2 aliphatic heterocycles. The molecule has 1 aromatic carbocycles. The first-order chi connectivity index (χ1) is 13.2. The molecule has 27 heavy (non-hydrogen) atoms. The quantitative estimate of drug-likeness (QED) is 0.785. The molecule has 0 saturated carbocycles. The molecule has 150 valence electrons. The Morgan fingerprint density at radius 1 is 1.15 bits per heavy atom. The zero-order chi connectivity index (χ0) is 19.1. The van der Waals surface area contributed by atoms with Crippen molar-refractivity contribution in [1.82, 2.24) is 9.80 Å². The maximum atomic E-state index is 12.7. The normalized spacial score (nSPS) is 19.4. The maximum absolute atomic E-state index is 12.7. The minimum absolute atomic E-state index is 0.218. The monoisotopic (exact) mass is 375 g/mol. The number of amides is 1. The highest BCUT2D eigenvalue weighted by Crippen LogP contribution is 2.24. The Kier molecular flexibility index (Phi) is 7.50. The zero-order valence-electron chi connectivity index (χ0n) is 16.4. The van der Waals surface area contributed by atoms with Gasteiger partial charge < -0.3 is 20.1 Å². The Bertz CT molecular complexity index is 579. The lowest BCUT2D eigenvalue weighted by Crippen LogP contribution is -2.52. The molecule has 0 bridgehead atoms. The molecule has 0 spiro atoms. The SMILES string of the molecule is COc1ccc(CC(=O)N2CCC(N(CCN)C3CCOCC3)CC2)cc1. The molecule has 6 heteroatoms. The lowest BCUT2D eigenvalue weighted by Gasteiger charge is -2.43. The zero-order valence-corrected chi connectivity index (χ0v) is 16.4. The number of piperidine rings is 1. The molecule has 2 N–H and O–H groups in total. The Labute approximate surface area is 162 Å². The van der Waals surface area contributed by atoms with Crippen LogP contribution in [-0.2, 0) is 16.0 Å². The Balaban J connectivity index is 1.51. The highest BCUT2D eigenvalue weighted by Gasteiger charge is 2.31. The van der Waals surface area contributed by atoms with E-state index in [2.05, 4.69) is 4.90 Å². The number of likely N-dealkylation sites (tertiary alicyclic amines) is 1. The second kappa shape index (κ2) is 10.1. The van der Waals surface area contributed by atoms with E-state index in [4.69, 9.17) is 15.2 Å². The summed E-state index contributed by atoms with van der Waals surface area (Å²) in [5.74, 6) is 1.04. The second-order valence-corrected chi connectivity index (χ2v) is 7.51. The minimum atomic E-state index is 0.218. The molecule has 2 aliphatic rings. The second-order valence-electron chi connectivity index (χ2n) is 7.51. The molecule has 0 aromatic heterocycles. The van der Waals surface area contributed by atoms with Gasteiger partial charge in [-0.05, 0) is 43.4 Å². The third kappa shape index (κ3) is 5.43. The van der Waals surface area contributed by atoms with Gasteiger partial charge in [-0.3, -0.25) is 9.69 Å². The molecule has 2 saturated heterocycles. The molecule has 2 fully saturated rings. The standard InChI is InChI=1S/C21H33N3O3/c1-26-20-4-2-17(3-5-20)16-21(25)23-11-6-18(7-12-23)24(13-10-22)19-8-14-27-15-9-19/h2-5,18-19H,6-16,22H2,1H3. The predicted octanol–water partition coefficient (Wildman–Crippen LogP) is 1.67. The molecule has 6 nitrogen and oxygen atoms in total. The molecule has 0 unspecified atom stereocenters. The van der Waals surface area contributed by atoms with Gasteiger partial charge in [-0.25, -0.2) is 0 Å². The van der Waals surface area contributed by atoms with Crippen molar-refractivity contribution in [3.63, 3.8) is 0 Å². The highest BCUT2D eigenvalue weighted by atomic mass is 16.5. The summed E-state index contributed by atoms with van der Waals surface area (Å²) in [6.07, 6.45) is 4.71. The van der Waals surface area contributed by atoms with E-state index < -0.39 is 0 Å². The Morgan fingerprint density at radius 2 is 1.78 bits per heavy atom. The van der Waals surface area contributed by atoms with Crippen LogP contribution in [0.15, 0.2) is 24.3 Å². The van der Waals surface area contributed by atoms with Crippen molar-refractivity contribution in [3.05, 3.63) is 29.8 Å². The average molecular weight is 376 g/mol. The molecule has 3 rings (SSSR count). The van der Waals surface area contributed by atoms with Crippen LogP contribution in [0, 0.1) is 0 Å². The van der Waals surface area contributed by atoms with Crippen LogP contribution < -0.4 is 10.5 Å². The summed E-state index contributed by atoms with van der Waals surface area (Å²) in [4.78, 5) is 17.3. The molecule has 2 heterocycles. The number of rotatable bonds is 7. The number of carbonyl (C=O) groups is 1. The number of benzene rings is 1. The first kappa shape index (κ1) is 20.1. The Morgan fingerprint density at radius 3 is 2.37 bits per heavy atom. The van der Waals surface area contributed by atoms with Gasteiger partial charge in [0, 0.05) is 51.5 Å². The van der Waals surface area contributed by atoms with Gasteiger partial charge in [0.2, 0.25) is 5.91 Å². The van der Waals surface area contributed by atoms with Crippen LogP contribution in [-0.4, -0.2) is 74.3 Å². The van der Waals surface area contributed by atoms with Crippen LogP contribution in [0.2, 0.25) is 0 Å². The highest BCUT2D eigenvalue weighted by molar-refractivity contribution is 5.78. The van der Waals surface area contributed by atoms with E-state index in [9.17, 15) is 4.79 Å². The average Bonchev–Trinajstić information content (AvgIpc) is 2.73. The summed E-state index contributed by atoms with van der Waals surface area (Å²) in [6, 6.07) is 8.87. The van der Waals surface area contributed by atoms with Crippen LogP contribution in [0.1, 0.15) is 31.2 Å². The lowest BCUT2D eigenvalue weighted by molar-refractivity contribution is -0.132. The van der Waals surface area contributed by atoms with Gasteiger partial charge >= 0.3 is 0 Å². The van der Waals surface area contributed by atoms with Crippen molar-refractivity contribution in [2.45, 2.75) is 44.2 Å². The molecule has 0 aliphatic carbocycles. The molecule has 0 radical (unpaired) electrons. The van der Waals surface area contributed by atoms with E-state index in [-0.39, 0.29) is 5.91 Å². The fourth-order valence-electron chi connectivity index (χ4n) is 4.31. The maximum Gasteiger partial charge on any atom is 0.226 e. The van der Waals surface area contributed by atoms with Crippen LogP contribution in [0.25, 0.3) is 0 Å². The number of ether oxygens (including phenoxy) is 2. The van der Waals surface area contributed by atoms with E-state index in [1.165, 1.54) is 0 Å². The van der Waals surface area contributed by atoms with Crippen molar-refractivity contribution in [1.29, 1.82) is 0 Å². The summed E-state index contributed by atoms with van der Waals surface area (Å²) in [5.41, 5.74) is 6.92. The first-order valence-electron chi connectivity index (χ1n) is 10.2. The number of nitrogens with two attached hydrogens (primary N) is 1. The van der Waals surface area contributed by atoms with Crippen molar-refractivity contribution >= 4 is 5.91 Å². The molecule has 0 atom stereocenters. The molecule has 1 aromatic rings. The lowest BCUT2D eigenvalue weighted by atomic mass is 9.97. The fraction of sp³-hybridized carbons (Fsp3) is 0.667. The van der Waals surface area contributed by atoms with E-state index >= 15 is 0 Å². The number of methoxy groups -OCH3 is 1. The number of nitrogens with zero attached hydrogens (tertiary/aromatic N) is 2. The van der Waals surface area contributed by atoms with Crippen LogP contribution in [0.4, 0.5) is 0 Å². The third-order valence-electron chi connectivity index (χ3n) is 5.85. The number of hydrogen-bond acceptors (Lipinski definition) is 5. The summed E-state index contributed by atoms with van der Waals surface area (Å²) in [7, 11) is 1.65. The van der Waals surface area contributed by atoms with Gasteiger partial charge in [-0.1, -0.05) is 12.1 Å². The third-order valence-corrected chi connectivity index (χ3v) is 5.85. The van der Waals surface area contributed by atoms with Gasteiger partial charge in [0.25, 0.3) is 0 Å². The number of carbonyl (C=O) groups excluding carboxylic acids is 1. The summed E-state index contributed by atoms with van der Waals surface area (Å²) in [6.45, 7) is 5.01. The molecular formula is C21H33N3O3. The van der Waals surface area contributed by atoms with Crippen LogP contribution >= 0.6 is 0 Å². The van der Waals surface area contributed by atoms with Gasteiger partial charge in [0.05, 0.1) is 13.5 Å². The smallest absolute Gasteiger partial charge is 0.226 e. The van der Waals surface area contributed by atoms with Crippen molar-refractivity contribution in [2.75, 3.05) is 46.5 Å². The van der Waals surface area contributed by atoms with Crippen molar-refractivity contribution in [3.8, 4) is 5.75 Å². The summed E-state index contributed by atoms with van der Waals surface area (Å²) >= 11 is 0. The van der Waals surface area contributed by atoms with E-state index in [1.54, 1.807) is 7.11 Å². The summed E-state index contributed by atoms with van der Waals surface area (Å²) < 4.78 is 10.7. The van der Waals surface area contributed by atoms with Crippen molar-refractivity contribution < 1.29 is 14.3 Å². The van der Waals surface area contributed by atoms with E-state index in [0.29, 0.717) is 25.0 Å². The van der Waals surface area contributed by atoms with Crippen molar-refractivity contribution in [2.24, 2.45) is 5.73 Å². The van der Waals surface area contributed by atoms with Gasteiger partial charge in [0.15, 0.2) is 0 Å². The topological polar surface area (TPSA) is 68.0 Å². The molecule has 1 amide bonds. The fourth-order valence-corrected chi connectivity index (χ4v) is 4.31. The van der Waals surface area contributed by atoms with Crippen LogP contribution in [0.5, 0.6) is 5.75 Å². The Hall–Kier alpha value is -1.63. The van der Waals surface area contributed by atoms with Crippen LogP contribution in [0.3, 0.4) is 0 Å². The summed E-state index contributed by atoms with van der Waals surface area (Å²) in [5, 5.41) is 0. The van der Waals surface area contributed by atoms with E-state index in [1.807, 2.05) is 29.2 Å². The van der Waals surface area contributed by atoms with Gasteiger partial charge in [-0.2, -0.15) is 0 Å². The van der Waals surface area contributed by atoms with E-state index in [0.717, 1.165) is 69.8 Å². The predicted molar refractivity (Wildman–Crippen MR) is 106 cm³/mol. The largest absolute Gasteiger partial charge is 0.497 e. The first-order valence-corrected chi connectivity index (χ1v) is 10.2. The number of hydrogen-bond donors (Lipinski definition) is 1. The van der Waals surface area contributed by atoms with Gasteiger partial charge in [-0.15, -0.1) is 0 Å².